The van der Waals surface area contributed by atoms with Crippen LogP contribution in [0.25, 0.3) is 11.3 Å². The predicted molar refractivity (Wildman–Crippen MR) is 68.5 cm³/mol. The summed E-state index contributed by atoms with van der Waals surface area (Å²) in [6.45, 7) is 0.350. The first-order valence-corrected chi connectivity index (χ1v) is 5.83. The largest absolute Gasteiger partial charge is 0.356 e. The standard InChI is InChI=1S/C13H12N4O2/c1-16-13(18)17(9-14-16)8-11-7-12(19-15-11)10-5-3-2-4-6-10/h2-7,9H,8H2,1H3. The average molecular weight is 256 g/mol. The van der Waals surface area contributed by atoms with Gasteiger partial charge in [-0.25, -0.2) is 9.48 Å². The van der Waals surface area contributed by atoms with Crippen molar-refractivity contribution in [1.29, 1.82) is 0 Å². The molecule has 0 unspecified atom stereocenters. The van der Waals surface area contributed by atoms with Crippen LogP contribution in [0, 0.1) is 0 Å². The first kappa shape index (κ1) is 11.5. The Labute approximate surface area is 108 Å². The molecule has 0 N–H and O–H groups in total. The third-order valence-corrected chi connectivity index (χ3v) is 2.84. The Morgan fingerprint density at radius 3 is 2.74 bits per heavy atom. The van der Waals surface area contributed by atoms with E-state index in [9.17, 15) is 4.79 Å². The Hall–Kier alpha value is -2.63. The minimum atomic E-state index is -0.177. The quantitative estimate of drug-likeness (QED) is 0.708. The van der Waals surface area contributed by atoms with Crippen molar-refractivity contribution in [1.82, 2.24) is 19.5 Å². The fraction of sp³-hybridized carbons (Fsp3) is 0.154. The first-order chi connectivity index (χ1) is 9.24. The smallest absolute Gasteiger partial charge is 0.345 e. The molecule has 0 spiro atoms. The molecule has 2 heterocycles. The number of aromatic nitrogens is 4. The molecule has 0 bridgehead atoms. The second kappa shape index (κ2) is 4.56. The fourth-order valence-electron chi connectivity index (χ4n) is 1.83. The maximum absolute atomic E-state index is 11.7. The molecule has 2 aromatic heterocycles. The minimum Gasteiger partial charge on any atom is -0.356 e. The molecule has 96 valence electrons. The zero-order valence-electron chi connectivity index (χ0n) is 10.4. The van der Waals surface area contributed by atoms with Crippen LogP contribution in [-0.2, 0) is 13.6 Å². The van der Waals surface area contributed by atoms with Crippen LogP contribution >= 0.6 is 0 Å². The monoisotopic (exact) mass is 256 g/mol. The van der Waals surface area contributed by atoms with Gasteiger partial charge in [0.1, 0.15) is 12.0 Å². The molecule has 3 rings (SSSR count). The molecule has 3 aromatic rings. The van der Waals surface area contributed by atoms with Gasteiger partial charge in [-0.1, -0.05) is 35.5 Å². The Bertz CT molecular complexity index is 739. The third kappa shape index (κ3) is 2.20. The van der Waals surface area contributed by atoms with E-state index in [0.29, 0.717) is 18.0 Å². The molecule has 0 saturated heterocycles. The topological polar surface area (TPSA) is 65.8 Å². The van der Waals surface area contributed by atoms with Gasteiger partial charge in [0.25, 0.3) is 0 Å². The average Bonchev–Trinajstić information content (AvgIpc) is 3.02. The summed E-state index contributed by atoms with van der Waals surface area (Å²) in [5.74, 6) is 0.688. The van der Waals surface area contributed by atoms with Gasteiger partial charge in [-0.3, -0.25) is 4.57 Å². The molecule has 0 amide bonds. The Kier molecular flexibility index (Phi) is 2.75. The van der Waals surface area contributed by atoms with Crippen LogP contribution in [-0.4, -0.2) is 19.5 Å². The van der Waals surface area contributed by atoms with Gasteiger partial charge < -0.3 is 4.52 Å². The van der Waals surface area contributed by atoms with Crippen molar-refractivity contribution < 1.29 is 4.52 Å². The van der Waals surface area contributed by atoms with Gasteiger partial charge >= 0.3 is 5.69 Å². The summed E-state index contributed by atoms with van der Waals surface area (Å²) in [5.41, 5.74) is 1.47. The molecule has 0 aliphatic carbocycles. The molecular formula is C13H12N4O2. The summed E-state index contributed by atoms with van der Waals surface area (Å²) >= 11 is 0. The molecule has 6 heteroatoms. The van der Waals surface area contributed by atoms with Gasteiger partial charge in [-0.15, -0.1) is 0 Å². The lowest BCUT2D eigenvalue weighted by molar-refractivity contribution is 0.420. The van der Waals surface area contributed by atoms with E-state index >= 15 is 0 Å². The Balaban J connectivity index is 1.86. The van der Waals surface area contributed by atoms with E-state index in [2.05, 4.69) is 10.3 Å². The van der Waals surface area contributed by atoms with Gasteiger partial charge in [0.2, 0.25) is 0 Å². The highest BCUT2D eigenvalue weighted by molar-refractivity contribution is 5.56. The lowest BCUT2D eigenvalue weighted by Crippen LogP contribution is -2.22. The predicted octanol–water partition coefficient (Wildman–Crippen LogP) is 1.29. The van der Waals surface area contributed by atoms with Crippen molar-refractivity contribution >= 4 is 0 Å². The van der Waals surface area contributed by atoms with E-state index in [-0.39, 0.29) is 5.69 Å². The summed E-state index contributed by atoms with van der Waals surface area (Å²) in [6, 6.07) is 11.5. The second-order valence-electron chi connectivity index (χ2n) is 4.21. The van der Waals surface area contributed by atoms with Crippen LogP contribution in [0.15, 0.2) is 52.0 Å². The number of aryl methyl sites for hydroxylation is 1. The number of hydrogen-bond acceptors (Lipinski definition) is 4. The lowest BCUT2D eigenvalue weighted by Gasteiger charge is -1.93. The van der Waals surface area contributed by atoms with Crippen LogP contribution in [0.4, 0.5) is 0 Å². The van der Waals surface area contributed by atoms with Gasteiger partial charge in [0.15, 0.2) is 5.76 Å². The fourth-order valence-corrected chi connectivity index (χ4v) is 1.83. The van der Waals surface area contributed by atoms with Crippen molar-refractivity contribution in [3.63, 3.8) is 0 Å². The van der Waals surface area contributed by atoms with E-state index in [1.54, 1.807) is 7.05 Å². The summed E-state index contributed by atoms with van der Waals surface area (Å²) in [4.78, 5) is 11.7. The molecular weight excluding hydrogens is 244 g/mol. The van der Waals surface area contributed by atoms with Crippen LogP contribution in [0.5, 0.6) is 0 Å². The Morgan fingerprint density at radius 1 is 1.26 bits per heavy atom. The zero-order chi connectivity index (χ0) is 13.2. The zero-order valence-corrected chi connectivity index (χ0v) is 10.4. The maximum Gasteiger partial charge on any atom is 0.345 e. The van der Waals surface area contributed by atoms with Gasteiger partial charge in [-0.2, -0.15) is 5.10 Å². The lowest BCUT2D eigenvalue weighted by atomic mass is 10.2. The van der Waals surface area contributed by atoms with E-state index in [1.165, 1.54) is 15.6 Å². The highest BCUT2D eigenvalue weighted by atomic mass is 16.5. The van der Waals surface area contributed by atoms with E-state index < -0.39 is 0 Å². The number of rotatable bonds is 3. The van der Waals surface area contributed by atoms with E-state index in [0.717, 1.165) is 5.56 Å². The van der Waals surface area contributed by atoms with Crippen molar-refractivity contribution in [2.24, 2.45) is 7.05 Å². The highest BCUT2D eigenvalue weighted by Gasteiger charge is 2.08. The molecule has 0 radical (unpaired) electrons. The van der Waals surface area contributed by atoms with Gasteiger partial charge in [-0.05, 0) is 0 Å². The molecule has 0 fully saturated rings. The van der Waals surface area contributed by atoms with Crippen LogP contribution in [0.1, 0.15) is 5.69 Å². The number of benzene rings is 1. The maximum atomic E-state index is 11.7. The van der Waals surface area contributed by atoms with E-state index in [1.807, 2.05) is 36.4 Å². The molecule has 0 aliphatic heterocycles. The van der Waals surface area contributed by atoms with Crippen molar-refractivity contribution in [2.45, 2.75) is 6.54 Å². The van der Waals surface area contributed by atoms with Gasteiger partial charge in [0, 0.05) is 18.7 Å². The third-order valence-electron chi connectivity index (χ3n) is 2.84. The molecule has 6 nitrogen and oxygen atoms in total. The number of nitrogens with zero attached hydrogens (tertiary/aromatic N) is 4. The molecule has 19 heavy (non-hydrogen) atoms. The Morgan fingerprint density at radius 2 is 2.05 bits per heavy atom. The van der Waals surface area contributed by atoms with Gasteiger partial charge in [0.05, 0.1) is 6.54 Å². The summed E-state index contributed by atoms with van der Waals surface area (Å²) < 4.78 is 8.03. The molecule has 1 aromatic carbocycles. The molecule has 0 atom stereocenters. The van der Waals surface area contributed by atoms with Crippen molar-refractivity contribution in [3.05, 3.63) is 58.9 Å². The summed E-state index contributed by atoms with van der Waals surface area (Å²) in [6.07, 6.45) is 1.49. The number of hydrogen-bond donors (Lipinski definition) is 0. The minimum absolute atomic E-state index is 0.177. The summed E-state index contributed by atoms with van der Waals surface area (Å²) in [5, 5.41) is 7.85. The van der Waals surface area contributed by atoms with Crippen LogP contribution in [0.2, 0.25) is 0 Å². The molecule has 0 aliphatic rings. The van der Waals surface area contributed by atoms with Crippen LogP contribution in [0.3, 0.4) is 0 Å². The molecule has 0 saturated carbocycles. The highest BCUT2D eigenvalue weighted by Crippen LogP contribution is 2.19. The summed E-state index contributed by atoms with van der Waals surface area (Å²) in [7, 11) is 1.61. The van der Waals surface area contributed by atoms with Crippen LogP contribution < -0.4 is 5.69 Å². The second-order valence-corrected chi connectivity index (χ2v) is 4.21. The van der Waals surface area contributed by atoms with Crippen molar-refractivity contribution in [2.75, 3.05) is 0 Å². The first-order valence-electron chi connectivity index (χ1n) is 5.83. The SMILES string of the molecule is Cn1ncn(Cc2cc(-c3ccccc3)on2)c1=O. The van der Waals surface area contributed by atoms with E-state index in [4.69, 9.17) is 4.52 Å². The van der Waals surface area contributed by atoms with Crippen molar-refractivity contribution in [3.8, 4) is 11.3 Å². The normalized spacial score (nSPS) is 10.8.